The molecule has 7 heteroatoms. The number of nitrogens with one attached hydrogen (secondary N) is 1. The Balaban J connectivity index is 1.66. The summed E-state index contributed by atoms with van der Waals surface area (Å²) in [6, 6.07) is 12.0. The second-order valence-corrected chi connectivity index (χ2v) is 6.96. The van der Waals surface area contributed by atoms with Crippen LogP contribution in [0.2, 0.25) is 0 Å². The molecule has 28 heavy (non-hydrogen) atoms. The highest BCUT2D eigenvalue weighted by atomic mass is 16.6. The number of hydrogen-bond donors (Lipinski definition) is 1. The number of carbonyl (C=O) groups is 2. The molecule has 0 heterocycles. The van der Waals surface area contributed by atoms with Crippen molar-refractivity contribution in [2.75, 3.05) is 0 Å². The molecule has 2 aromatic carbocycles. The van der Waals surface area contributed by atoms with E-state index in [1.165, 1.54) is 30.7 Å². The van der Waals surface area contributed by atoms with Gasteiger partial charge in [0.25, 0.3) is 11.6 Å². The van der Waals surface area contributed by atoms with Crippen molar-refractivity contribution in [1.29, 1.82) is 0 Å². The Bertz CT molecular complexity index is 925. The summed E-state index contributed by atoms with van der Waals surface area (Å²) in [5.41, 5.74) is 2.64. The van der Waals surface area contributed by atoms with Crippen molar-refractivity contribution in [3.8, 4) is 0 Å². The third kappa shape index (κ3) is 4.19. The SMILES string of the molecule is Cc1ccc(C(=O)O[C@H](C)C(=O)N[C@H]2CCCc3ccccc32)cc1[N+](=O)[O-]. The molecule has 0 unspecified atom stereocenters. The molecule has 0 radical (unpaired) electrons. The smallest absolute Gasteiger partial charge is 0.339 e. The van der Waals surface area contributed by atoms with Crippen molar-refractivity contribution >= 4 is 17.6 Å². The lowest BCUT2D eigenvalue weighted by Gasteiger charge is -2.27. The van der Waals surface area contributed by atoms with Crippen LogP contribution in [0.15, 0.2) is 42.5 Å². The maximum absolute atomic E-state index is 12.5. The largest absolute Gasteiger partial charge is 0.449 e. The molecule has 1 amide bonds. The Hall–Kier alpha value is -3.22. The zero-order valence-electron chi connectivity index (χ0n) is 15.8. The molecule has 1 aliphatic carbocycles. The molecule has 0 spiro atoms. The molecular formula is C21H22N2O5. The molecule has 0 aliphatic heterocycles. The standard InChI is InChI=1S/C21H22N2O5/c1-13-10-11-16(12-19(13)23(26)27)21(25)28-14(2)20(24)22-18-9-5-7-15-6-3-4-8-17(15)18/h3-4,6,8,10-12,14,18H,5,7,9H2,1-2H3,(H,22,24)/t14-,18+/m1/s1. The molecule has 3 rings (SSSR count). The first kappa shape index (κ1) is 19.5. The van der Waals surface area contributed by atoms with Crippen molar-refractivity contribution in [3.05, 3.63) is 74.8 Å². The van der Waals surface area contributed by atoms with Gasteiger partial charge < -0.3 is 10.1 Å². The first-order valence-electron chi connectivity index (χ1n) is 9.21. The van der Waals surface area contributed by atoms with E-state index in [0.717, 1.165) is 24.8 Å². The number of carbonyl (C=O) groups excluding carboxylic acids is 2. The summed E-state index contributed by atoms with van der Waals surface area (Å²) in [7, 11) is 0. The van der Waals surface area contributed by atoms with E-state index in [9.17, 15) is 19.7 Å². The number of hydrogen-bond acceptors (Lipinski definition) is 5. The van der Waals surface area contributed by atoms with E-state index in [2.05, 4.69) is 11.4 Å². The summed E-state index contributed by atoms with van der Waals surface area (Å²) < 4.78 is 5.23. The zero-order chi connectivity index (χ0) is 20.3. The van der Waals surface area contributed by atoms with E-state index in [0.29, 0.717) is 5.56 Å². The molecule has 0 bridgehead atoms. The lowest BCUT2D eigenvalue weighted by molar-refractivity contribution is -0.385. The first-order chi connectivity index (χ1) is 13.4. The molecule has 146 valence electrons. The van der Waals surface area contributed by atoms with Crippen molar-refractivity contribution in [2.45, 2.75) is 45.3 Å². The predicted molar refractivity (Wildman–Crippen MR) is 103 cm³/mol. The van der Waals surface area contributed by atoms with E-state index >= 15 is 0 Å². The lowest BCUT2D eigenvalue weighted by atomic mass is 9.87. The van der Waals surface area contributed by atoms with E-state index in [1.807, 2.05) is 18.2 Å². The number of amides is 1. The minimum Gasteiger partial charge on any atom is -0.449 e. The summed E-state index contributed by atoms with van der Waals surface area (Å²) >= 11 is 0. The topological polar surface area (TPSA) is 98.5 Å². The van der Waals surface area contributed by atoms with Gasteiger partial charge in [-0.3, -0.25) is 14.9 Å². The Morgan fingerprint density at radius 1 is 1.25 bits per heavy atom. The van der Waals surface area contributed by atoms with Crippen LogP contribution in [0.5, 0.6) is 0 Å². The molecule has 1 N–H and O–H groups in total. The summed E-state index contributed by atoms with van der Waals surface area (Å²) in [6.07, 6.45) is 1.78. The average molecular weight is 382 g/mol. The normalized spacial score (nSPS) is 16.6. The summed E-state index contributed by atoms with van der Waals surface area (Å²) in [4.78, 5) is 35.3. The quantitative estimate of drug-likeness (QED) is 0.484. The van der Waals surface area contributed by atoms with Crippen LogP contribution in [-0.2, 0) is 16.0 Å². The molecule has 1 aliphatic rings. The number of nitrogens with zero attached hydrogens (tertiary/aromatic N) is 1. The molecule has 2 aromatic rings. The van der Waals surface area contributed by atoms with Crippen LogP contribution in [0.4, 0.5) is 5.69 Å². The van der Waals surface area contributed by atoms with Crippen LogP contribution in [0.25, 0.3) is 0 Å². The highest BCUT2D eigenvalue weighted by Gasteiger charge is 2.26. The lowest BCUT2D eigenvalue weighted by Crippen LogP contribution is -2.39. The molecule has 7 nitrogen and oxygen atoms in total. The van der Waals surface area contributed by atoms with Gasteiger partial charge in [-0.2, -0.15) is 0 Å². The minimum atomic E-state index is -1.01. The summed E-state index contributed by atoms with van der Waals surface area (Å²) in [5.74, 6) is -1.16. The molecule has 0 fully saturated rings. The number of nitro groups is 1. The van der Waals surface area contributed by atoms with Gasteiger partial charge in [0.05, 0.1) is 16.5 Å². The van der Waals surface area contributed by atoms with Crippen molar-refractivity contribution < 1.29 is 19.2 Å². The molecule has 2 atom stereocenters. The number of fused-ring (bicyclic) bond motifs is 1. The van der Waals surface area contributed by atoms with Crippen LogP contribution < -0.4 is 5.32 Å². The Labute approximate surface area is 162 Å². The van der Waals surface area contributed by atoms with Gasteiger partial charge in [0.1, 0.15) is 0 Å². The van der Waals surface area contributed by atoms with Gasteiger partial charge >= 0.3 is 5.97 Å². The van der Waals surface area contributed by atoms with E-state index < -0.39 is 22.9 Å². The summed E-state index contributed by atoms with van der Waals surface area (Å²) in [5, 5.41) is 14.0. The van der Waals surface area contributed by atoms with Gasteiger partial charge in [0.2, 0.25) is 0 Å². The summed E-state index contributed by atoms with van der Waals surface area (Å²) in [6.45, 7) is 3.08. The first-order valence-corrected chi connectivity index (χ1v) is 9.21. The fourth-order valence-electron chi connectivity index (χ4n) is 3.41. The number of esters is 1. The Kier molecular flexibility index (Phi) is 5.73. The van der Waals surface area contributed by atoms with Crippen LogP contribution in [0.1, 0.15) is 52.9 Å². The van der Waals surface area contributed by atoms with Crippen molar-refractivity contribution in [2.24, 2.45) is 0 Å². The number of nitro benzene ring substituents is 1. The number of aryl methyl sites for hydroxylation is 2. The second-order valence-electron chi connectivity index (χ2n) is 6.96. The molecule has 0 aromatic heterocycles. The van der Waals surface area contributed by atoms with Crippen LogP contribution in [0, 0.1) is 17.0 Å². The maximum Gasteiger partial charge on any atom is 0.339 e. The Morgan fingerprint density at radius 3 is 2.75 bits per heavy atom. The number of rotatable bonds is 5. The average Bonchev–Trinajstić information content (AvgIpc) is 2.68. The van der Waals surface area contributed by atoms with Gasteiger partial charge in [-0.05, 0) is 50.3 Å². The highest BCUT2D eigenvalue weighted by Crippen LogP contribution is 2.29. The third-order valence-corrected chi connectivity index (χ3v) is 4.98. The van der Waals surface area contributed by atoms with E-state index in [1.54, 1.807) is 6.92 Å². The number of ether oxygens (including phenoxy) is 1. The second kappa shape index (κ2) is 8.21. The van der Waals surface area contributed by atoms with Crippen LogP contribution >= 0.6 is 0 Å². The third-order valence-electron chi connectivity index (χ3n) is 4.98. The zero-order valence-corrected chi connectivity index (χ0v) is 15.8. The van der Waals surface area contributed by atoms with Gasteiger partial charge in [0, 0.05) is 11.6 Å². The molecular weight excluding hydrogens is 360 g/mol. The monoisotopic (exact) mass is 382 g/mol. The van der Waals surface area contributed by atoms with Crippen LogP contribution in [0.3, 0.4) is 0 Å². The van der Waals surface area contributed by atoms with Gasteiger partial charge in [-0.25, -0.2) is 4.79 Å². The fourth-order valence-corrected chi connectivity index (χ4v) is 3.41. The number of benzene rings is 2. The van der Waals surface area contributed by atoms with Crippen molar-refractivity contribution in [3.63, 3.8) is 0 Å². The van der Waals surface area contributed by atoms with Gasteiger partial charge in [-0.1, -0.05) is 30.3 Å². The molecule has 0 saturated heterocycles. The Morgan fingerprint density at radius 2 is 2.00 bits per heavy atom. The predicted octanol–water partition coefficient (Wildman–Crippen LogP) is 3.64. The van der Waals surface area contributed by atoms with E-state index in [4.69, 9.17) is 4.74 Å². The van der Waals surface area contributed by atoms with E-state index in [-0.39, 0.29) is 17.3 Å². The van der Waals surface area contributed by atoms with Gasteiger partial charge in [0.15, 0.2) is 6.10 Å². The fraction of sp³-hybridized carbons (Fsp3) is 0.333. The molecule has 0 saturated carbocycles. The van der Waals surface area contributed by atoms with Crippen molar-refractivity contribution in [1.82, 2.24) is 5.32 Å². The maximum atomic E-state index is 12.5. The minimum absolute atomic E-state index is 0.0416. The van der Waals surface area contributed by atoms with Gasteiger partial charge in [-0.15, -0.1) is 0 Å². The van der Waals surface area contributed by atoms with Crippen LogP contribution in [-0.4, -0.2) is 22.9 Å². The highest BCUT2D eigenvalue weighted by molar-refractivity contribution is 5.93.